The maximum atomic E-state index is 12.4. The van der Waals surface area contributed by atoms with E-state index in [4.69, 9.17) is 4.74 Å². The van der Waals surface area contributed by atoms with Crippen LogP contribution in [0.3, 0.4) is 0 Å². The van der Waals surface area contributed by atoms with Gasteiger partial charge in [0.2, 0.25) is 0 Å². The molecule has 1 fully saturated rings. The van der Waals surface area contributed by atoms with E-state index in [-0.39, 0.29) is 11.8 Å². The fourth-order valence-electron chi connectivity index (χ4n) is 2.90. The molecule has 0 unspecified atom stereocenters. The number of benzene rings is 2. The Hall–Kier alpha value is -2.70. The van der Waals surface area contributed by atoms with Gasteiger partial charge in [-0.15, -0.1) is 0 Å². The summed E-state index contributed by atoms with van der Waals surface area (Å²) >= 11 is 0. The number of anilines is 1. The number of carbonyl (C=O) groups is 2. The zero-order chi connectivity index (χ0) is 19.1. The van der Waals surface area contributed by atoms with Gasteiger partial charge < -0.3 is 15.4 Å². The van der Waals surface area contributed by atoms with Crippen LogP contribution in [0, 0.1) is 6.92 Å². The second-order valence-electron chi connectivity index (χ2n) is 6.61. The van der Waals surface area contributed by atoms with Gasteiger partial charge in [-0.3, -0.25) is 14.5 Å². The number of rotatable bonds is 6. The minimum Gasteiger partial charge on any atom is -0.379 e. The Morgan fingerprint density at radius 3 is 2.37 bits per heavy atom. The monoisotopic (exact) mass is 367 g/mol. The average molecular weight is 367 g/mol. The lowest BCUT2D eigenvalue weighted by molar-refractivity contribution is 0.0383. The molecule has 2 aromatic carbocycles. The molecule has 142 valence electrons. The average Bonchev–Trinajstić information content (AvgIpc) is 2.70. The standard InChI is InChI=1S/C21H25N3O3/c1-16-5-7-19(8-6-16)23-21(26)18-4-2-3-17(15-18)20(25)22-9-10-24-11-13-27-14-12-24/h2-8,15H,9-14H2,1H3,(H,22,25)(H,23,26). The number of morpholine rings is 1. The Balaban J connectivity index is 1.54. The van der Waals surface area contributed by atoms with Gasteiger partial charge in [0.05, 0.1) is 13.2 Å². The minimum absolute atomic E-state index is 0.173. The summed E-state index contributed by atoms with van der Waals surface area (Å²) in [5.74, 6) is -0.407. The normalized spacial score (nSPS) is 14.6. The summed E-state index contributed by atoms with van der Waals surface area (Å²) in [5.41, 5.74) is 2.79. The molecule has 0 aliphatic carbocycles. The summed E-state index contributed by atoms with van der Waals surface area (Å²) in [6.45, 7) is 6.63. The maximum absolute atomic E-state index is 12.4. The van der Waals surface area contributed by atoms with Crippen molar-refractivity contribution in [2.75, 3.05) is 44.7 Å². The van der Waals surface area contributed by atoms with Crippen molar-refractivity contribution >= 4 is 17.5 Å². The van der Waals surface area contributed by atoms with Crippen molar-refractivity contribution in [3.05, 3.63) is 65.2 Å². The molecule has 0 spiro atoms. The highest BCUT2D eigenvalue weighted by atomic mass is 16.5. The number of ether oxygens (including phenoxy) is 1. The SMILES string of the molecule is Cc1ccc(NC(=O)c2cccc(C(=O)NCCN3CCOCC3)c2)cc1. The number of carbonyl (C=O) groups excluding carboxylic acids is 2. The number of hydrogen-bond acceptors (Lipinski definition) is 4. The third-order valence-electron chi connectivity index (χ3n) is 4.51. The van der Waals surface area contributed by atoms with E-state index in [1.165, 1.54) is 0 Å². The molecule has 1 aliphatic heterocycles. The molecular weight excluding hydrogens is 342 g/mol. The summed E-state index contributed by atoms with van der Waals surface area (Å²) < 4.78 is 5.31. The number of hydrogen-bond donors (Lipinski definition) is 2. The lowest BCUT2D eigenvalue weighted by Gasteiger charge is -2.26. The topological polar surface area (TPSA) is 70.7 Å². The summed E-state index contributed by atoms with van der Waals surface area (Å²) in [5, 5.41) is 5.76. The highest BCUT2D eigenvalue weighted by molar-refractivity contribution is 6.06. The predicted molar refractivity (Wildman–Crippen MR) is 105 cm³/mol. The zero-order valence-electron chi connectivity index (χ0n) is 15.5. The van der Waals surface area contributed by atoms with E-state index >= 15 is 0 Å². The Morgan fingerprint density at radius 1 is 1.00 bits per heavy atom. The maximum Gasteiger partial charge on any atom is 0.255 e. The van der Waals surface area contributed by atoms with Gasteiger partial charge in [0.15, 0.2) is 0 Å². The van der Waals surface area contributed by atoms with Gasteiger partial charge in [-0.05, 0) is 37.3 Å². The van der Waals surface area contributed by atoms with Crippen molar-refractivity contribution in [1.29, 1.82) is 0 Å². The van der Waals surface area contributed by atoms with Crippen molar-refractivity contribution in [2.24, 2.45) is 0 Å². The van der Waals surface area contributed by atoms with Crippen LogP contribution in [0.4, 0.5) is 5.69 Å². The molecule has 6 nitrogen and oxygen atoms in total. The molecule has 2 amide bonds. The second kappa shape index (κ2) is 9.30. The van der Waals surface area contributed by atoms with Gasteiger partial charge in [-0.2, -0.15) is 0 Å². The Kier molecular flexibility index (Phi) is 6.57. The quantitative estimate of drug-likeness (QED) is 0.822. The highest BCUT2D eigenvalue weighted by Crippen LogP contribution is 2.12. The first-order valence-corrected chi connectivity index (χ1v) is 9.18. The van der Waals surface area contributed by atoms with Crippen molar-refractivity contribution in [3.8, 4) is 0 Å². The molecule has 1 saturated heterocycles. The molecule has 2 N–H and O–H groups in total. The van der Waals surface area contributed by atoms with Crippen LogP contribution >= 0.6 is 0 Å². The molecule has 1 heterocycles. The van der Waals surface area contributed by atoms with E-state index in [1.807, 2.05) is 31.2 Å². The van der Waals surface area contributed by atoms with Crippen LogP contribution in [0.1, 0.15) is 26.3 Å². The Morgan fingerprint density at radius 2 is 1.67 bits per heavy atom. The first-order valence-electron chi connectivity index (χ1n) is 9.18. The van der Waals surface area contributed by atoms with E-state index in [0.29, 0.717) is 17.7 Å². The molecule has 0 aromatic heterocycles. The molecule has 0 radical (unpaired) electrons. The van der Waals surface area contributed by atoms with Gasteiger partial charge >= 0.3 is 0 Å². The number of aryl methyl sites for hydroxylation is 1. The van der Waals surface area contributed by atoms with Crippen LogP contribution in [0.25, 0.3) is 0 Å². The van der Waals surface area contributed by atoms with Crippen molar-refractivity contribution < 1.29 is 14.3 Å². The molecule has 3 rings (SSSR count). The first-order chi connectivity index (χ1) is 13.1. The molecule has 6 heteroatoms. The fraction of sp³-hybridized carbons (Fsp3) is 0.333. The van der Waals surface area contributed by atoms with Gasteiger partial charge in [0.1, 0.15) is 0 Å². The molecular formula is C21H25N3O3. The summed E-state index contributed by atoms with van der Waals surface area (Å²) in [7, 11) is 0. The number of amides is 2. The van der Waals surface area contributed by atoms with E-state index in [0.717, 1.165) is 44.1 Å². The van der Waals surface area contributed by atoms with E-state index in [2.05, 4.69) is 15.5 Å². The zero-order valence-corrected chi connectivity index (χ0v) is 15.5. The molecule has 2 aromatic rings. The van der Waals surface area contributed by atoms with Crippen molar-refractivity contribution in [1.82, 2.24) is 10.2 Å². The van der Waals surface area contributed by atoms with Crippen LogP contribution in [-0.4, -0.2) is 56.1 Å². The largest absolute Gasteiger partial charge is 0.379 e. The van der Waals surface area contributed by atoms with Crippen molar-refractivity contribution in [3.63, 3.8) is 0 Å². The third kappa shape index (κ3) is 5.64. The molecule has 0 saturated carbocycles. The van der Waals surface area contributed by atoms with Gasteiger partial charge in [0.25, 0.3) is 11.8 Å². The molecule has 0 atom stereocenters. The summed E-state index contributed by atoms with van der Waals surface area (Å²) in [6.07, 6.45) is 0. The van der Waals surface area contributed by atoms with Crippen LogP contribution in [-0.2, 0) is 4.74 Å². The van der Waals surface area contributed by atoms with Gasteiger partial charge in [-0.25, -0.2) is 0 Å². The van der Waals surface area contributed by atoms with Crippen molar-refractivity contribution in [2.45, 2.75) is 6.92 Å². The van der Waals surface area contributed by atoms with Crippen LogP contribution in [0.2, 0.25) is 0 Å². The molecule has 0 bridgehead atoms. The highest BCUT2D eigenvalue weighted by Gasteiger charge is 2.13. The van der Waals surface area contributed by atoms with E-state index in [1.54, 1.807) is 24.3 Å². The lowest BCUT2D eigenvalue weighted by Crippen LogP contribution is -2.41. The van der Waals surface area contributed by atoms with Gasteiger partial charge in [0, 0.05) is 43.0 Å². The summed E-state index contributed by atoms with van der Waals surface area (Å²) in [4.78, 5) is 27.1. The number of nitrogens with one attached hydrogen (secondary N) is 2. The van der Waals surface area contributed by atoms with E-state index < -0.39 is 0 Å². The second-order valence-corrected chi connectivity index (χ2v) is 6.61. The van der Waals surface area contributed by atoms with Gasteiger partial charge in [-0.1, -0.05) is 23.8 Å². The van der Waals surface area contributed by atoms with Crippen LogP contribution < -0.4 is 10.6 Å². The number of nitrogens with zero attached hydrogens (tertiary/aromatic N) is 1. The Bertz CT molecular complexity index is 784. The first kappa shape index (κ1) is 19.1. The smallest absolute Gasteiger partial charge is 0.255 e. The molecule has 27 heavy (non-hydrogen) atoms. The fourth-order valence-corrected chi connectivity index (χ4v) is 2.90. The summed E-state index contributed by atoms with van der Waals surface area (Å²) in [6, 6.07) is 14.3. The predicted octanol–water partition coefficient (Wildman–Crippen LogP) is 2.31. The lowest BCUT2D eigenvalue weighted by atomic mass is 10.1. The van der Waals surface area contributed by atoms with Crippen LogP contribution in [0.5, 0.6) is 0 Å². The van der Waals surface area contributed by atoms with E-state index in [9.17, 15) is 9.59 Å². The molecule has 1 aliphatic rings. The minimum atomic E-state index is -0.234. The Labute approximate surface area is 159 Å². The van der Waals surface area contributed by atoms with Crippen LogP contribution in [0.15, 0.2) is 48.5 Å². The third-order valence-corrected chi connectivity index (χ3v) is 4.51.